The molecule has 0 amide bonds. The van der Waals surface area contributed by atoms with Gasteiger partial charge in [0.2, 0.25) is 0 Å². The van der Waals surface area contributed by atoms with Gasteiger partial charge in [0.15, 0.2) is 5.78 Å². The summed E-state index contributed by atoms with van der Waals surface area (Å²) in [6, 6.07) is 8.00. The lowest BCUT2D eigenvalue weighted by atomic mass is 9.86. The minimum Gasteiger partial charge on any atom is -0.378 e. The second-order valence-corrected chi connectivity index (χ2v) is 7.37. The molecule has 1 aromatic carbocycles. The Morgan fingerprint density at radius 2 is 1.91 bits per heavy atom. The van der Waals surface area contributed by atoms with Gasteiger partial charge in [0.25, 0.3) is 0 Å². The van der Waals surface area contributed by atoms with Gasteiger partial charge in [-0.2, -0.15) is 0 Å². The maximum Gasteiger partial charge on any atom is 0.162 e. The number of hydrogen-bond donors (Lipinski definition) is 1. The number of piperidine rings is 1. The van der Waals surface area contributed by atoms with E-state index in [0.29, 0.717) is 6.42 Å². The number of Topliss-reactive ketones (excluding diaryl/α,β-unsaturated/α-hetero) is 1. The number of rotatable bonds is 5. The van der Waals surface area contributed by atoms with Crippen LogP contribution in [0.4, 0.5) is 0 Å². The first-order chi connectivity index (χ1) is 10.4. The molecule has 1 fully saturated rings. The van der Waals surface area contributed by atoms with Crippen LogP contribution in [0.2, 0.25) is 0 Å². The Bertz CT molecular complexity index is 487. The summed E-state index contributed by atoms with van der Waals surface area (Å²) in [5.41, 5.74) is 2.17. The fraction of sp³-hybridized carbons (Fsp3) is 0.632. The minimum absolute atomic E-state index is 0.117. The van der Waals surface area contributed by atoms with E-state index in [9.17, 15) is 9.90 Å². The second-order valence-electron chi connectivity index (χ2n) is 7.37. The SMILES string of the molecule is CC(C)(C)c1ccc(C(=O)CCCN2CCCCC2O)cc1. The first kappa shape index (κ1) is 17.2. The Balaban J connectivity index is 1.82. The molecule has 122 valence electrons. The van der Waals surface area contributed by atoms with Crippen LogP contribution in [0, 0.1) is 0 Å². The number of benzene rings is 1. The highest BCUT2D eigenvalue weighted by atomic mass is 16.3. The largest absolute Gasteiger partial charge is 0.378 e. The van der Waals surface area contributed by atoms with Gasteiger partial charge >= 0.3 is 0 Å². The molecule has 0 saturated carbocycles. The zero-order chi connectivity index (χ0) is 16.2. The van der Waals surface area contributed by atoms with Gasteiger partial charge in [0, 0.05) is 25.1 Å². The second kappa shape index (κ2) is 7.38. The fourth-order valence-corrected chi connectivity index (χ4v) is 2.98. The molecule has 22 heavy (non-hydrogen) atoms. The van der Waals surface area contributed by atoms with E-state index in [1.165, 1.54) is 5.56 Å². The van der Waals surface area contributed by atoms with Gasteiger partial charge in [-0.15, -0.1) is 0 Å². The van der Waals surface area contributed by atoms with E-state index in [1.54, 1.807) is 0 Å². The van der Waals surface area contributed by atoms with Crippen LogP contribution in [0.25, 0.3) is 0 Å². The summed E-state index contributed by atoms with van der Waals surface area (Å²) < 4.78 is 0. The molecule has 1 heterocycles. The average molecular weight is 303 g/mol. The lowest BCUT2D eigenvalue weighted by Crippen LogP contribution is -2.39. The highest BCUT2D eigenvalue weighted by molar-refractivity contribution is 5.96. The highest BCUT2D eigenvalue weighted by Crippen LogP contribution is 2.22. The predicted molar refractivity (Wildman–Crippen MR) is 90.1 cm³/mol. The summed E-state index contributed by atoms with van der Waals surface area (Å²) >= 11 is 0. The Morgan fingerprint density at radius 3 is 2.50 bits per heavy atom. The van der Waals surface area contributed by atoms with E-state index in [-0.39, 0.29) is 17.4 Å². The number of aliphatic hydroxyl groups is 1. The van der Waals surface area contributed by atoms with Crippen molar-refractivity contribution >= 4 is 5.78 Å². The normalized spacial score (nSPS) is 20.1. The molecule has 0 spiro atoms. The number of hydrogen-bond acceptors (Lipinski definition) is 3. The van der Waals surface area contributed by atoms with Crippen molar-refractivity contribution in [2.75, 3.05) is 13.1 Å². The number of carbonyl (C=O) groups excluding carboxylic acids is 1. The van der Waals surface area contributed by atoms with Crippen molar-refractivity contribution in [1.82, 2.24) is 4.90 Å². The van der Waals surface area contributed by atoms with Crippen molar-refractivity contribution in [1.29, 1.82) is 0 Å². The van der Waals surface area contributed by atoms with Crippen LogP contribution < -0.4 is 0 Å². The summed E-state index contributed by atoms with van der Waals surface area (Å²) in [5.74, 6) is 0.201. The molecule has 1 aliphatic rings. The minimum atomic E-state index is -0.310. The first-order valence-corrected chi connectivity index (χ1v) is 8.44. The summed E-state index contributed by atoms with van der Waals surface area (Å²) in [4.78, 5) is 14.3. The fourth-order valence-electron chi connectivity index (χ4n) is 2.98. The maximum absolute atomic E-state index is 12.2. The molecule has 1 aliphatic heterocycles. The molecule has 0 aromatic heterocycles. The number of ketones is 1. The van der Waals surface area contributed by atoms with Crippen LogP contribution in [-0.2, 0) is 5.41 Å². The monoisotopic (exact) mass is 303 g/mol. The van der Waals surface area contributed by atoms with Gasteiger partial charge in [-0.25, -0.2) is 0 Å². The van der Waals surface area contributed by atoms with Crippen LogP contribution in [0.3, 0.4) is 0 Å². The van der Waals surface area contributed by atoms with Crippen LogP contribution in [0.1, 0.15) is 68.8 Å². The molecule has 1 N–H and O–H groups in total. The van der Waals surface area contributed by atoms with Crippen molar-refractivity contribution in [2.24, 2.45) is 0 Å². The Morgan fingerprint density at radius 1 is 1.23 bits per heavy atom. The smallest absolute Gasteiger partial charge is 0.162 e. The zero-order valence-corrected chi connectivity index (χ0v) is 14.1. The molecule has 0 radical (unpaired) electrons. The molecule has 2 rings (SSSR count). The quantitative estimate of drug-likeness (QED) is 0.842. The van der Waals surface area contributed by atoms with Crippen molar-refractivity contribution in [3.63, 3.8) is 0 Å². The molecule has 1 unspecified atom stereocenters. The van der Waals surface area contributed by atoms with E-state index in [0.717, 1.165) is 44.3 Å². The van der Waals surface area contributed by atoms with Crippen LogP contribution in [0.15, 0.2) is 24.3 Å². The summed E-state index contributed by atoms with van der Waals surface area (Å²) in [7, 11) is 0. The van der Waals surface area contributed by atoms with Gasteiger partial charge in [0.1, 0.15) is 6.23 Å². The van der Waals surface area contributed by atoms with Gasteiger partial charge in [-0.3, -0.25) is 9.69 Å². The van der Waals surface area contributed by atoms with Gasteiger partial charge < -0.3 is 5.11 Å². The molecule has 3 nitrogen and oxygen atoms in total. The number of nitrogens with zero attached hydrogens (tertiary/aromatic N) is 1. The van der Waals surface area contributed by atoms with Crippen LogP contribution in [-0.4, -0.2) is 35.1 Å². The Labute approximate surface area is 134 Å². The summed E-state index contributed by atoms with van der Waals surface area (Å²) in [6.45, 7) is 8.29. The van der Waals surface area contributed by atoms with E-state index in [2.05, 4.69) is 37.8 Å². The van der Waals surface area contributed by atoms with Crippen molar-refractivity contribution in [3.05, 3.63) is 35.4 Å². The zero-order valence-electron chi connectivity index (χ0n) is 14.1. The van der Waals surface area contributed by atoms with E-state index >= 15 is 0 Å². The predicted octanol–water partition coefficient (Wildman–Crippen LogP) is 3.75. The van der Waals surface area contributed by atoms with Crippen LogP contribution >= 0.6 is 0 Å². The van der Waals surface area contributed by atoms with Gasteiger partial charge in [-0.1, -0.05) is 45.0 Å². The average Bonchev–Trinajstić information content (AvgIpc) is 2.48. The lowest BCUT2D eigenvalue weighted by Gasteiger charge is -2.31. The van der Waals surface area contributed by atoms with Crippen molar-refractivity contribution in [2.45, 2.75) is 64.5 Å². The molecule has 1 atom stereocenters. The van der Waals surface area contributed by atoms with Crippen molar-refractivity contribution < 1.29 is 9.90 Å². The summed E-state index contributed by atoms with van der Waals surface area (Å²) in [6.07, 6.45) is 4.18. The van der Waals surface area contributed by atoms with E-state index < -0.39 is 0 Å². The highest BCUT2D eigenvalue weighted by Gasteiger charge is 2.19. The lowest BCUT2D eigenvalue weighted by molar-refractivity contribution is -0.0240. The molecular formula is C19H29NO2. The Hall–Kier alpha value is -1.19. The van der Waals surface area contributed by atoms with Gasteiger partial charge in [-0.05, 0) is 36.7 Å². The van der Waals surface area contributed by atoms with E-state index in [4.69, 9.17) is 0 Å². The molecule has 3 heteroatoms. The third-order valence-corrected chi connectivity index (χ3v) is 4.50. The standard InChI is InChI=1S/C19H29NO2/c1-19(2,3)16-11-9-15(10-12-16)17(21)7-6-14-20-13-5-4-8-18(20)22/h9-12,18,22H,4-8,13-14H2,1-3H3. The molecule has 0 aliphatic carbocycles. The number of carbonyl (C=O) groups is 1. The Kier molecular flexibility index (Phi) is 5.76. The van der Waals surface area contributed by atoms with Gasteiger partial charge in [0.05, 0.1) is 0 Å². The first-order valence-electron chi connectivity index (χ1n) is 8.44. The topological polar surface area (TPSA) is 40.5 Å². The molecule has 1 aromatic rings. The third kappa shape index (κ3) is 4.65. The molecular weight excluding hydrogens is 274 g/mol. The summed E-state index contributed by atoms with van der Waals surface area (Å²) in [5, 5.41) is 9.90. The number of likely N-dealkylation sites (tertiary alicyclic amines) is 1. The third-order valence-electron chi connectivity index (χ3n) is 4.50. The van der Waals surface area contributed by atoms with Crippen LogP contribution in [0.5, 0.6) is 0 Å². The molecule has 1 saturated heterocycles. The molecule has 0 bridgehead atoms. The number of aliphatic hydroxyl groups excluding tert-OH is 1. The maximum atomic E-state index is 12.2. The van der Waals surface area contributed by atoms with Crippen molar-refractivity contribution in [3.8, 4) is 0 Å². The van der Waals surface area contributed by atoms with E-state index in [1.807, 2.05) is 12.1 Å².